The van der Waals surface area contributed by atoms with Crippen LogP contribution in [-0.2, 0) is 13.0 Å². The van der Waals surface area contributed by atoms with Gasteiger partial charge in [-0.05, 0) is 42.0 Å². The molecular formula is C20H17ClN6O. The summed E-state index contributed by atoms with van der Waals surface area (Å²) in [5, 5.41) is 3.80. The maximum atomic E-state index is 12.6. The fourth-order valence-corrected chi connectivity index (χ4v) is 3.11. The van der Waals surface area contributed by atoms with Crippen molar-refractivity contribution >= 4 is 34.4 Å². The van der Waals surface area contributed by atoms with Crippen molar-refractivity contribution in [1.82, 2.24) is 19.4 Å². The van der Waals surface area contributed by atoms with Gasteiger partial charge in [-0.2, -0.15) is 0 Å². The molecule has 4 aromatic rings. The fourth-order valence-electron chi connectivity index (χ4n) is 2.89. The average Bonchev–Trinajstić information content (AvgIpc) is 3.07. The van der Waals surface area contributed by atoms with E-state index in [2.05, 4.69) is 20.3 Å². The number of hydrogen-bond acceptors (Lipinski definition) is 6. The van der Waals surface area contributed by atoms with Gasteiger partial charge < -0.3 is 15.5 Å². The Hall–Kier alpha value is -3.45. The summed E-state index contributed by atoms with van der Waals surface area (Å²) in [5.74, 6) is 0.363. The van der Waals surface area contributed by atoms with Crippen LogP contribution in [0.5, 0.6) is 0 Å². The largest absolute Gasteiger partial charge is 0.382 e. The third-order valence-corrected chi connectivity index (χ3v) is 4.49. The van der Waals surface area contributed by atoms with E-state index in [-0.39, 0.29) is 12.2 Å². The molecule has 4 rings (SSSR count). The highest BCUT2D eigenvalue weighted by Gasteiger charge is 2.11. The predicted molar refractivity (Wildman–Crippen MR) is 108 cm³/mol. The Balaban J connectivity index is 1.46. The van der Waals surface area contributed by atoms with Crippen LogP contribution in [0.3, 0.4) is 0 Å². The number of carbonyl (C=O) groups is 1. The van der Waals surface area contributed by atoms with Crippen molar-refractivity contribution in [1.29, 1.82) is 0 Å². The lowest BCUT2D eigenvalue weighted by atomic mass is 10.1. The van der Waals surface area contributed by atoms with Crippen LogP contribution in [0.2, 0.25) is 5.02 Å². The number of nitrogens with zero attached hydrogens (tertiary/aromatic N) is 4. The highest BCUT2D eigenvalue weighted by molar-refractivity contribution is 6.31. The van der Waals surface area contributed by atoms with Crippen LogP contribution in [0, 0.1) is 0 Å². The lowest BCUT2D eigenvalue weighted by Crippen LogP contribution is -2.09. The Morgan fingerprint density at radius 3 is 2.89 bits per heavy atom. The molecule has 0 aliphatic rings. The molecule has 0 aliphatic carbocycles. The van der Waals surface area contributed by atoms with E-state index in [1.165, 1.54) is 0 Å². The number of fused-ring (bicyclic) bond motifs is 1. The number of pyridine rings is 2. The minimum Gasteiger partial charge on any atom is -0.382 e. The molecule has 4 heterocycles. The first-order valence-electron chi connectivity index (χ1n) is 8.63. The molecule has 0 spiro atoms. The van der Waals surface area contributed by atoms with E-state index >= 15 is 0 Å². The van der Waals surface area contributed by atoms with Crippen LogP contribution in [0.4, 0.5) is 11.5 Å². The molecule has 0 bridgehead atoms. The molecule has 4 aromatic heterocycles. The van der Waals surface area contributed by atoms with E-state index in [4.69, 9.17) is 17.3 Å². The molecule has 8 heteroatoms. The minimum absolute atomic E-state index is 0.0681. The van der Waals surface area contributed by atoms with Gasteiger partial charge in [-0.1, -0.05) is 11.6 Å². The number of Topliss-reactive ketones (excluding diaryl/α,β-unsaturated/α-hetero) is 1. The summed E-state index contributed by atoms with van der Waals surface area (Å²) in [4.78, 5) is 25.2. The third kappa shape index (κ3) is 3.94. The van der Waals surface area contributed by atoms with Crippen molar-refractivity contribution in [3.63, 3.8) is 0 Å². The first kappa shape index (κ1) is 17.9. The number of nitrogens with two attached hydrogens (primary N) is 1. The van der Waals surface area contributed by atoms with Crippen LogP contribution in [0.25, 0.3) is 5.52 Å². The quantitative estimate of drug-likeness (QED) is 0.488. The topological polar surface area (TPSA) is 98.2 Å². The lowest BCUT2D eigenvalue weighted by Gasteiger charge is -2.09. The van der Waals surface area contributed by atoms with Crippen LogP contribution in [0.15, 0.2) is 61.3 Å². The smallest absolute Gasteiger partial charge is 0.185 e. The Kier molecular flexibility index (Phi) is 4.90. The fraction of sp³-hybridized carbons (Fsp3) is 0.100. The van der Waals surface area contributed by atoms with Crippen molar-refractivity contribution in [2.75, 3.05) is 11.1 Å². The molecule has 0 radical (unpaired) electrons. The van der Waals surface area contributed by atoms with Gasteiger partial charge in [-0.15, -0.1) is 0 Å². The van der Waals surface area contributed by atoms with E-state index < -0.39 is 0 Å². The number of rotatable bonds is 6. The number of hydrogen-bond donors (Lipinski definition) is 2. The van der Waals surface area contributed by atoms with E-state index in [1.807, 2.05) is 24.3 Å². The van der Waals surface area contributed by atoms with Gasteiger partial charge in [-0.3, -0.25) is 9.78 Å². The zero-order chi connectivity index (χ0) is 19.5. The van der Waals surface area contributed by atoms with Crippen LogP contribution in [0.1, 0.15) is 21.7 Å². The normalized spacial score (nSPS) is 10.9. The summed E-state index contributed by atoms with van der Waals surface area (Å²) in [7, 11) is 0. The average molecular weight is 393 g/mol. The van der Waals surface area contributed by atoms with Gasteiger partial charge in [0.1, 0.15) is 11.5 Å². The zero-order valence-electron chi connectivity index (χ0n) is 14.8. The number of carbonyl (C=O) groups excluding carboxylic acids is 1. The van der Waals surface area contributed by atoms with Gasteiger partial charge in [-0.25, -0.2) is 9.97 Å². The number of nitrogen functional groups attached to an aromatic ring is 1. The van der Waals surface area contributed by atoms with Crippen molar-refractivity contribution in [2.45, 2.75) is 13.0 Å². The van der Waals surface area contributed by atoms with Gasteiger partial charge in [0, 0.05) is 25.0 Å². The Labute approximate surface area is 166 Å². The highest BCUT2D eigenvalue weighted by atomic mass is 35.5. The summed E-state index contributed by atoms with van der Waals surface area (Å²) in [6.07, 6.45) is 6.90. The second kappa shape index (κ2) is 7.66. The maximum absolute atomic E-state index is 12.6. The summed E-state index contributed by atoms with van der Waals surface area (Å²) in [5.41, 5.74) is 9.48. The van der Waals surface area contributed by atoms with E-state index in [1.54, 1.807) is 41.5 Å². The highest BCUT2D eigenvalue weighted by Crippen LogP contribution is 2.17. The molecule has 3 N–H and O–H groups in total. The molecule has 0 saturated carbocycles. The SMILES string of the molecule is Nc1ncccc1NCc1cc(CC(=O)c2cc3cc(Cl)cn3cn2)ccn1. The number of nitrogens with one attached hydrogen (secondary N) is 1. The van der Waals surface area contributed by atoms with E-state index in [0.29, 0.717) is 23.1 Å². The molecule has 0 unspecified atom stereocenters. The number of ketones is 1. The molecule has 0 amide bonds. The Morgan fingerprint density at radius 1 is 1.14 bits per heavy atom. The Morgan fingerprint density at radius 2 is 2.04 bits per heavy atom. The zero-order valence-corrected chi connectivity index (χ0v) is 15.6. The third-order valence-electron chi connectivity index (χ3n) is 4.28. The molecular weight excluding hydrogens is 376 g/mol. The van der Waals surface area contributed by atoms with E-state index in [0.717, 1.165) is 22.5 Å². The van der Waals surface area contributed by atoms with Crippen LogP contribution < -0.4 is 11.1 Å². The van der Waals surface area contributed by atoms with Crippen molar-refractivity contribution in [3.8, 4) is 0 Å². The molecule has 0 aromatic carbocycles. The molecule has 0 aliphatic heterocycles. The minimum atomic E-state index is -0.0681. The number of anilines is 2. The van der Waals surface area contributed by atoms with E-state index in [9.17, 15) is 4.79 Å². The summed E-state index contributed by atoms with van der Waals surface area (Å²) < 4.78 is 1.78. The molecule has 0 fully saturated rings. The molecule has 7 nitrogen and oxygen atoms in total. The van der Waals surface area contributed by atoms with Crippen molar-refractivity contribution in [3.05, 3.63) is 83.3 Å². The van der Waals surface area contributed by atoms with Crippen molar-refractivity contribution < 1.29 is 4.79 Å². The summed E-state index contributed by atoms with van der Waals surface area (Å²) >= 11 is 5.99. The second-order valence-electron chi connectivity index (χ2n) is 6.31. The predicted octanol–water partition coefficient (Wildman–Crippen LogP) is 3.40. The number of aromatic nitrogens is 4. The standard InChI is InChI=1S/C20H17ClN6O/c21-14-8-16-9-18(26-12-27(16)11-14)19(28)7-13-3-5-23-15(6-13)10-25-17-2-1-4-24-20(17)22/h1-6,8-9,11-12,25H,7,10H2,(H2,22,24). The maximum Gasteiger partial charge on any atom is 0.185 e. The molecule has 140 valence electrons. The lowest BCUT2D eigenvalue weighted by molar-refractivity contribution is 0.0988. The second-order valence-corrected chi connectivity index (χ2v) is 6.75. The van der Waals surface area contributed by atoms with Crippen LogP contribution >= 0.6 is 11.6 Å². The van der Waals surface area contributed by atoms with Gasteiger partial charge in [0.2, 0.25) is 0 Å². The van der Waals surface area contributed by atoms with Gasteiger partial charge >= 0.3 is 0 Å². The first-order chi connectivity index (χ1) is 13.6. The van der Waals surface area contributed by atoms with Crippen molar-refractivity contribution in [2.24, 2.45) is 0 Å². The monoisotopic (exact) mass is 392 g/mol. The number of halogens is 1. The molecule has 0 atom stereocenters. The van der Waals surface area contributed by atoms with Gasteiger partial charge in [0.25, 0.3) is 0 Å². The Bertz CT molecular complexity index is 1160. The summed E-state index contributed by atoms with van der Waals surface area (Å²) in [6, 6.07) is 10.9. The summed E-state index contributed by atoms with van der Waals surface area (Å²) in [6.45, 7) is 0.477. The molecule has 28 heavy (non-hydrogen) atoms. The molecule has 0 saturated heterocycles. The van der Waals surface area contributed by atoms with Crippen LogP contribution in [-0.4, -0.2) is 25.1 Å². The van der Waals surface area contributed by atoms with Gasteiger partial charge in [0.15, 0.2) is 5.78 Å². The first-order valence-corrected chi connectivity index (χ1v) is 9.01. The van der Waals surface area contributed by atoms with Gasteiger partial charge in [0.05, 0.1) is 34.8 Å².